The van der Waals surface area contributed by atoms with Crippen LogP contribution >= 0.6 is 23.1 Å². The summed E-state index contributed by atoms with van der Waals surface area (Å²) in [6.07, 6.45) is 19.5. The van der Waals surface area contributed by atoms with Gasteiger partial charge in [0.2, 0.25) is 0 Å². The van der Waals surface area contributed by atoms with Gasteiger partial charge in [0.25, 0.3) is 23.6 Å². The van der Waals surface area contributed by atoms with Gasteiger partial charge in [-0.3, -0.25) is 19.2 Å². The van der Waals surface area contributed by atoms with Crippen molar-refractivity contribution in [1.82, 2.24) is 34.0 Å². The number of hydrogen-bond donors (Lipinski definition) is 7. The van der Waals surface area contributed by atoms with Crippen LogP contribution in [0.25, 0.3) is 0 Å². The van der Waals surface area contributed by atoms with Crippen LogP contribution in [0.2, 0.25) is 5.02 Å². The number of halogens is 1. The van der Waals surface area contributed by atoms with Crippen LogP contribution in [-0.2, 0) is 21.1 Å². The van der Waals surface area contributed by atoms with Crippen molar-refractivity contribution >= 4 is 68.8 Å². The lowest BCUT2D eigenvalue weighted by molar-refractivity contribution is 0.0942. The number of rotatable bonds is 18. The minimum atomic E-state index is -0.483. The summed E-state index contributed by atoms with van der Waals surface area (Å²) in [6, 6.07) is 5.96. The fourth-order valence-electron chi connectivity index (χ4n) is 7.58. The van der Waals surface area contributed by atoms with Gasteiger partial charge in [0, 0.05) is 64.9 Å². The lowest BCUT2D eigenvalue weighted by Crippen LogP contribution is -2.34. The summed E-state index contributed by atoms with van der Waals surface area (Å²) in [5, 5.41) is 22.9. The molecule has 17 heteroatoms. The molecule has 0 unspecified atom stereocenters. The SMILES string of the molecule is Cn1cc(NC(=O)c2cc(NC(=O)c3cc(NC(=O)c4nsc(NCCCNC5CCCCC5)c4Cl)cn3C)cn2C)cc1C(=O)NCCCNC1CCCCC1. The van der Waals surface area contributed by atoms with E-state index in [4.69, 9.17) is 11.6 Å². The molecular formula is C40H56ClN11O4S. The van der Waals surface area contributed by atoms with E-state index in [1.807, 2.05) is 0 Å². The fourth-order valence-corrected chi connectivity index (χ4v) is 8.63. The third-order valence-electron chi connectivity index (χ3n) is 10.7. The zero-order chi connectivity index (χ0) is 40.3. The molecule has 4 aromatic rings. The molecule has 0 saturated heterocycles. The fraction of sp³-hybridized carbons (Fsp3) is 0.525. The Morgan fingerprint density at radius 3 is 1.56 bits per heavy atom. The molecular weight excluding hydrogens is 766 g/mol. The Bertz CT molecular complexity index is 2000. The second kappa shape index (κ2) is 20.2. The molecule has 4 aromatic heterocycles. The van der Waals surface area contributed by atoms with Crippen molar-refractivity contribution < 1.29 is 19.2 Å². The Morgan fingerprint density at radius 2 is 1.07 bits per heavy atom. The van der Waals surface area contributed by atoms with Gasteiger partial charge in [0.1, 0.15) is 27.1 Å². The van der Waals surface area contributed by atoms with Gasteiger partial charge < -0.3 is 50.9 Å². The zero-order valence-corrected chi connectivity index (χ0v) is 34.7. The van der Waals surface area contributed by atoms with Crippen LogP contribution in [-0.4, -0.2) is 80.0 Å². The number of nitrogens with zero attached hydrogens (tertiary/aromatic N) is 4. The van der Waals surface area contributed by atoms with Crippen molar-refractivity contribution in [3.63, 3.8) is 0 Å². The summed E-state index contributed by atoms with van der Waals surface area (Å²) in [5.74, 6) is -1.53. The molecule has 2 aliphatic rings. The highest BCUT2D eigenvalue weighted by Crippen LogP contribution is 2.31. The minimum Gasteiger partial charge on any atom is -0.374 e. The third kappa shape index (κ3) is 11.5. The third-order valence-corrected chi connectivity index (χ3v) is 12.0. The molecule has 2 saturated carbocycles. The summed E-state index contributed by atoms with van der Waals surface area (Å²) >= 11 is 7.67. The Labute approximate surface area is 343 Å². The summed E-state index contributed by atoms with van der Waals surface area (Å²) < 4.78 is 9.15. The molecule has 57 heavy (non-hydrogen) atoms. The number of nitrogens with one attached hydrogen (secondary N) is 7. The van der Waals surface area contributed by atoms with E-state index in [0.717, 1.165) is 37.5 Å². The van der Waals surface area contributed by atoms with E-state index in [0.29, 0.717) is 58.6 Å². The number of anilines is 4. The number of aryl methyl sites for hydroxylation is 3. The maximum absolute atomic E-state index is 13.3. The van der Waals surface area contributed by atoms with Crippen molar-refractivity contribution in [2.75, 3.05) is 47.4 Å². The van der Waals surface area contributed by atoms with Crippen LogP contribution in [0.4, 0.5) is 22.1 Å². The molecule has 6 rings (SSSR count). The van der Waals surface area contributed by atoms with E-state index in [-0.39, 0.29) is 22.3 Å². The Morgan fingerprint density at radius 1 is 0.632 bits per heavy atom. The largest absolute Gasteiger partial charge is 0.374 e. The number of hydrogen-bond acceptors (Lipinski definition) is 9. The van der Waals surface area contributed by atoms with E-state index >= 15 is 0 Å². The standard InChI is InChI=1S/C40H56ClN11O4S/c1-50-23-28(20-31(50)36(53)44-18-10-16-42-26-12-6-4-7-13-26)46-37(54)32-21-29(24-51(32)2)47-38(55)33-22-30(25-52(33)3)48-39(56)35-34(41)40(57-49-35)45-19-11-17-43-27-14-8-5-9-15-27/h20-27,42-43,45H,4-19H2,1-3H3,(H,44,53)(H,46,54)(H,47,55)(H,48,56). The molecule has 0 spiro atoms. The highest BCUT2D eigenvalue weighted by atomic mass is 35.5. The lowest BCUT2D eigenvalue weighted by atomic mass is 9.95. The molecule has 0 radical (unpaired) electrons. The first kappa shape index (κ1) is 42.0. The number of aromatic nitrogens is 4. The molecule has 308 valence electrons. The molecule has 0 aliphatic heterocycles. The predicted molar refractivity (Wildman–Crippen MR) is 227 cm³/mol. The molecule has 0 aromatic carbocycles. The highest BCUT2D eigenvalue weighted by Gasteiger charge is 2.22. The molecule has 0 atom stereocenters. The summed E-state index contributed by atoms with van der Waals surface area (Å²) in [6.45, 7) is 3.05. The monoisotopic (exact) mass is 821 g/mol. The molecule has 2 fully saturated rings. The van der Waals surface area contributed by atoms with Gasteiger partial charge in [0.05, 0.1) is 17.1 Å². The van der Waals surface area contributed by atoms with Gasteiger partial charge in [-0.1, -0.05) is 50.1 Å². The lowest BCUT2D eigenvalue weighted by Gasteiger charge is -2.22. The van der Waals surface area contributed by atoms with Gasteiger partial charge in [-0.15, -0.1) is 0 Å². The Hall–Kier alpha value is -4.64. The smallest absolute Gasteiger partial charge is 0.277 e. The van der Waals surface area contributed by atoms with Crippen molar-refractivity contribution in [2.45, 2.75) is 89.1 Å². The zero-order valence-electron chi connectivity index (χ0n) is 33.1. The van der Waals surface area contributed by atoms with Crippen LogP contribution in [0.15, 0.2) is 36.8 Å². The molecule has 7 N–H and O–H groups in total. The van der Waals surface area contributed by atoms with Crippen LogP contribution in [0.1, 0.15) is 119 Å². The average Bonchev–Trinajstić information content (AvgIpc) is 3.97. The summed E-state index contributed by atoms with van der Waals surface area (Å²) in [7, 11) is 5.15. The first-order chi connectivity index (χ1) is 27.5. The van der Waals surface area contributed by atoms with Crippen LogP contribution in [0.5, 0.6) is 0 Å². The molecule has 4 amide bonds. The topological polar surface area (TPSA) is 180 Å². The number of carbonyl (C=O) groups excluding carboxylic acids is 4. The van der Waals surface area contributed by atoms with Crippen LogP contribution in [0.3, 0.4) is 0 Å². The van der Waals surface area contributed by atoms with Gasteiger partial charge in [0.15, 0.2) is 5.69 Å². The van der Waals surface area contributed by atoms with E-state index < -0.39 is 17.7 Å². The summed E-state index contributed by atoms with van der Waals surface area (Å²) in [4.78, 5) is 52.6. The average molecular weight is 822 g/mol. The van der Waals surface area contributed by atoms with Gasteiger partial charge in [-0.2, -0.15) is 4.37 Å². The van der Waals surface area contributed by atoms with Crippen molar-refractivity contribution in [3.05, 3.63) is 64.6 Å². The van der Waals surface area contributed by atoms with E-state index in [1.54, 1.807) is 71.6 Å². The van der Waals surface area contributed by atoms with Gasteiger partial charge >= 0.3 is 0 Å². The molecule has 15 nitrogen and oxygen atoms in total. The molecule has 2 aliphatic carbocycles. The van der Waals surface area contributed by atoms with E-state index in [2.05, 4.69) is 41.6 Å². The Balaban J connectivity index is 0.956. The van der Waals surface area contributed by atoms with Crippen molar-refractivity contribution in [2.24, 2.45) is 21.1 Å². The summed E-state index contributed by atoms with van der Waals surface area (Å²) in [5.41, 5.74) is 2.40. The first-order valence-electron chi connectivity index (χ1n) is 20.1. The minimum absolute atomic E-state index is 0.109. The van der Waals surface area contributed by atoms with E-state index in [9.17, 15) is 19.2 Å². The second-order valence-electron chi connectivity index (χ2n) is 15.2. The quantitative estimate of drug-likeness (QED) is 0.0569. The van der Waals surface area contributed by atoms with Gasteiger partial charge in [-0.25, -0.2) is 0 Å². The highest BCUT2D eigenvalue weighted by molar-refractivity contribution is 7.11. The maximum Gasteiger partial charge on any atom is 0.277 e. The normalized spacial score (nSPS) is 15.0. The van der Waals surface area contributed by atoms with Gasteiger partial charge in [-0.05, 0) is 81.3 Å². The van der Waals surface area contributed by atoms with Crippen LogP contribution in [0, 0.1) is 0 Å². The maximum atomic E-state index is 13.3. The molecule has 0 bridgehead atoms. The van der Waals surface area contributed by atoms with E-state index in [1.165, 1.54) is 64.2 Å². The predicted octanol–water partition coefficient (Wildman–Crippen LogP) is 6.34. The molecule has 4 heterocycles. The number of carbonyl (C=O) groups is 4. The van der Waals surface area contributed by atoms with Crippen molar-refractivity contribution in [3.8, 4) is 0 Å². The van der Waals surface area contributed by atoms with Crippen molar-refractivity contribution in [1.29, 1.82) is 0 Å². The second-order valence-corrected chi connectivity index (χ2v) is 16.3. The first-order valence-corrected chi connectivity index (χ1v) is 21.3. The Kier molecular flexibility index (Phi) is 14.9. The van der Waals surface area contributed by atoms with Crippen LogP contribution < -0.4 is 37.2 Å². The number of amides is 4.